The Morgan fingerprint density at radius 1 is 1.17 bits per heavy atom. The molecule has 160 valence electrons. The first-order valence-corrected chi connectivity index (χ1v) is 10.6. The van der Waals surface area contributed by atoms with Gasteiger partial charge in [-0.25, -0.2) is 8.78 Å². The number of rotatable bonds is 6. The lowest BCUT2D eigenvalue weighted by Gasteiger charge is -2.32. The van der Waals surface area contributed by atoms with Gasteiger partial charge >= 0.3 is 0 Å². The van der Waals surface area contributed by atoms with Crippen LogP contribution in [0, 0.1) is 23.5 Å². The molecule has 0 aromatic heterocycles. The minimum atomic E-state index is -0.911. The number of ether oxygens (including phenoxy) is 1. The van der Waals surface area contributed by atoms with Gasteiger partial charge in [-0.1, -0.05) is 30.3 Å². The van der Waals surface area contributed by atoms with Crippen molar-refractivity contribution in [2.75, 3.05) is 6.54 Å². The van der Waals surface area contributed by atoms with Gasteiger partial charge in [0.15, 0.2) is 17.4 Å². The molecule has 1 fully saturated rings. The molecule has 0 spiro atoms. The van der Waals surface area contributed by atoms with Crippen LogP contribution in [-0.2, 0) is 13.2 Å². The van der Waals surface area contributed by atoms with Crippen LogP contribution in [0.3, 0.4) is 0 Å². The van der Waals surface area contributed by atoms with Gasteiger partial charge in [0.05, 0.1) is 11.7 Å². The highest BCUT2D eigenvalue weighted by Gasteiger charge is 2.36. The fraction of sp³-hybridized carbons (Fsp3) is 0.458. The summed E-state index contributed by atoms with van der Waals surface area (Å²) in [6, 6.07) is 10.3. The highest BCUT2D eigenvalue weighted by molar-refractivity contribution is 5.99. The number of benzene rings is 2. The number of fused-ring (bicyclic) bond motifs is 1. The lowest BCUT2D eigenvalue weighted by atomic mass is 9.79. The molecule has 6 heteroatoms. The molecule has 0 radical (unpaired) electrons. The van der Waals surface area contributed by atoms with Crippen molar-refractivity contribution < 1.29 is 23.4 Å². The highest BCUT2D eigenvalue weighted by atomic mass is 19.1. The smallest absolute Gasteiger partial charge is 0.257 e. The molecule has 0 saturated heterocycles. The Bertz CT molecular complexity index is 908. The van der Waals surface area contributed by atoms with Crippen molar-refractivity contribution in [3.05, 3.63) is 64.7 Å². The predicted octanol–water partition coefficient (Wildman–Crippen LogP) is 4.69. The van der Waals surface area contributed by atoms with Crippen LogP contribution in [0.25, 0.3) is 0 Å². The maximum Gasteiger partial charge on any atom is 0.257 e. The second-order valence-corrected chi connectivity index (χ2v) is 8.52. The number of aliphatic hydroxyl groups excluding tert-OH is 1. The summed E-state index contributed by atoms with van der Waals surface area (Å²) in [4.78, 5) is 14.5. The molecule has 2 aromatic carbocycles. The molecule has 4 nitrogen and oxygen atoms in total. The molecular weight excluding hydrogens is 388 g/mol. The van der Waals surface area contributed by atoms with Crippen molar-refractivity contribution in [2.24, 2.45) is 11.8 Å². The van der Waals surface area contributed by atoms with E-state index in [0.29, 0.717) is 23.9 Å². The number of halogens is 2. The van der Waals surface area contributed by atoms with Crippen LogP contribution in [0.4, 0.5) is 8.78 Å². The maximum absolute atomic E-state index is 15.0. The van der Waals surface area contributed by atoms with Gasteiger partial charge in [-0.15, -0.1) is 0 Å². The summed E-state index contributed by atoms with van der Waals surface area (Å²) in [6.07, 6.45) is 3.40. The zero-order valence-corrected chi connectivity index (χ0v) is 17.1. The number of carbonyl (C=O) groups excluding carboxylic acids is 1. The van der Waals surface area contributed by atoms with Crippen LogP contribution < -0.4 is 4.74 Å². The third kappa shape index (κ3) is 4.19. The Balaban J connectivity index is 1.45. The molecule has 1 atom stereocenters. The van der Waals surface area contributed by atoms with Crippen LogP contribution in [0.2, 0.25) is 0 Å². The van der Waals surface area contributed by atoms with Crippen LogP contribution in [-0.4, -0.2) is 28.6 Å². The highest BCUT2D eigenvalue weighted by Crippen LogP contribution is 2.36. The monoisotopic (exact) mass is 415 g/mol. The van der Waals surface area contributed by atoms with Crippen LogP contribution in [0.5, 0.6) is 5.75 Å². The molecule has 1 aliphatic heterocycles. The summed E-state index contributed by atoms with van der Waals surface area (Å²) in [7, 11) is 0. The first kappa shape index (κ1) is 20.8. The second kappa shape index (κ2) is 8.72. The SMILES string of the molecule is CC(O)C1CCC(CN2Cc3cc(F)c(OCc4ccccc4)c(F)c3C2=O)CC1. The van der Waals surface area contributed by atoms with E-state index in [1.807, 2.05) is 37.3 Å². The molecule has 0 bridgehead atoms. The Morgan fingerprint density at radius 2 is 1.87 bits per heavy atom. The summed E-state index contributed by atoms with van der Waals surface area (Å²) in [5, 5.41) is 9.75. The normalized spacial score (nSPS) is 22.1. The molecule has 30 heavy (non-hydrogen) atoms. The van der Waals surface area contributed by atoms with E-state index >= 15 is 4.39 Å². The number of carbonyl (C=O) groups is 1. The Hall–Kier alpha value is -2.47. The molecule has 1 N–H and O–H groups in total. The van der Waals surface area contributed by atoms with E-state index in [2.05, 4.69) is 0 Å². The number of hydrogen-bond donors (Lipinski definition) is 1. The van der Waals surface area contributed by atoms with Crippen molar-refractivity contribution in [3.8, 4) is 5.75 Å². The van der Waals surface area contributed by atoms with Gasteiger partial charge in [-0.3, -0.25) is 4.79 Å². The van der Waals surface area contributed by atoms with Crippen molar-refractivity contribution in [1.29, 1.82) is 0 Å². The van der Waals surface area contributed by atoms with Gasteiger partial charge in [-0.05, 0) is 61.6 Å². The first-order valence-electron chi connectivity index (χ1n) is 10.6. The summed E-state index contributed by atoms with van der Waals surface area (Å²) in [6.45, 7) is 2.59. The van der Waals surface area contributed by atoms with Crippen LogP contribution in [0.1, 0.15) is 54.1 Å². The quantitative estimate of drug-likeness (QED) is 0.745. The van der Waals surface area contributed by atoms with Crippen molar-refractivity contribution in [3.63, 3.8) is 0 Å². The zero-order chi connectivity index (χ0) is 21.3. The van der Waals surface area contributed by atoms with Crippen molar-refractivity contribution in [1.82, 2.24) is 4.90 Å². The molecule has 1 heterocycles. The fourth-order valence-corrected chi connectivity index (χ4v) is 4.62. The Morgan fingerprint density at radius 3 is 2.53 bits per heavy atom. The molecule has 1 aliphatic carbocycles. The lowest BCUT2D eigenvalue weighted by molar-refractivity contribution is 0.0645. The lowest BCUT2D eigenvalue weighted by Crippen LogP contribution is -2.33. The number of hydrogen-bond acceptors (Lipinski definition) is 3. The van der Waals surface area contributed by atoms with E-state index in [1.165, 1.54) is 6.07 Å². The summed E-state index contributed by atoms with van der Waals surface area (Å²) >= 11 is 0. The largest absolute Gasteiger partial charge is 0.483 e. The molecule has 2 aliphatic rings. The zero-order valence-electron chi connectivity index (χ0n) is 17.1. The van der Waals surface area contributed by atoms with Crippen molar-refractivity contribution in [2.45, 2.75) is 51.9 Å². The van der Waals surface area contributed by atoms with E-state index in [-0.39, 0.29) is 24.8 Å². The third-order valence-corrected chi connectivity index (χ3v) is 6.40. The average molecular weight is 415 g/mol. The van der Waals surface area contributed by atoms with E-state index < -0.39 is 23.3 Å². The van der Waals surface area contributed by atoms with E-state index in [0.717, 1.165) is 31.2 Å². The maximum atomic E-state index is 15.0. The van der Waals surface area contributed by atoms with Gasteiger partial charge in [-0.2, -0.15) is 0 Å². The molecule has 2 aromatic rings. The van der Waals surface area contributed by atoms with E-state index in [1.54, 1.807) is 4.90 Å². The Kier molecular flexibility index (Phi) is 6.04. The minimum absolute atomic E-state index is 0.0257. The number of nitrogens with zero attached hydrogens (tertiary/aromatic N) is 1. The first-order chi connectivity index (χ1) is 14.4. The molecule has 4 rings (SSSR count). The van der Waals surface area contributed by atoms with E-state index in [4.69, 9.17) is 4.74 Å². The summed E-state index contributed by atoms with van der Waals surface area (Å²) in [5.74, 6) is -1.96. The van der Waals surface area contributed by atoms with Gasteiger partial charge in [0, 0.05) is 13.1 Å². The molecule has 1 amide bonds. The van der Waals surface area contributed by atoms with Gasteiger partial charge < -0.3 is 14.7 Å². The van der Waals surface area contributed by atoms with Gasteiger partial charge in [0.1, 0.15) is 6.61 Å². The molecule has 1 saturated carbocycles. The number of amides is 1. The minimum Gasteiger partial charge on any atom is -0.483 e. The third-order valence-electron chi connectivity index (χ3n) is 6.40. The second-order valence-electron chi connectivity index (χ2n) is 8.52. The van der Waals surface area contributed by atoms with E-state index in [9.17, 15) is 14.3 Å². The molecule has 1 unspecified atom stereocenters. The van der Waals surface area contributed by atoms with Crippen LogP contribution in [0.15, 0.2) is 36.4 Å². The van der Waals surface area contributed by atoms with Crippen molar-refractivity contribution >= 4 is 5.91 Å². The van der Waals surface area contributed by atoms with Crippen LogP contribution >= 0.6 is 0 Å². The topological polar surface area (TPSA) is 49.8 Å². The summed E-state index contributed by atoms with van der Waals surface area (Å²) in [5.41, 5.74) is 1.09. The molecular formula is C24H27F2NO3. The van der Waals surface area contributed by atoms with Gasteiger partial charge in [0.25, 0.3) is 5.91 Å². The van der Waals surface area contributed by atoms with Gasteiger partial charge in [0.2, 0.25) is 0 Å². The fourth-order valence-electron chi connectivity index (χ4n) is 4.62. The predicted molar refractivity (Wildman–Crippen MR) is 109 cm³/mol. The average Bonchev–Trinajstić information content (AvgIpc) is 3.04. The Labute approximate surface area is 175 Å². The summed E-state index contributed by atoms with van der Waals surface area (Å²) < 4.78 is 35.0. The number of aliphatic hydroxyl groups is 1. The standard InChI is InChI=1S/C24H27F2NO3/c1-15(28)18-9-7-16(8-10-18)12-27-13-19-11-20(25)23(22(26)21(19)24(27)29)30-14-17-5-3-2-4-6-17/h2-6,11,15-16,18,28H,7-10,12-14H2,1H3.